The maximum atomic E-state index is 4.16. The summed E-state index contributed by atoms with van der Waals surface area (Å²) in [6.07, 6.45) is 2.00. The second-order valence-electron chi connectivity index (χ2n) is 1.97. The molecule has 1 aliphatic heterocycles. The number of rotatable bonds is 0. The molecule has 0 saturated heterocycles. The van der Waals surface area contributed by atoms with Gasteiger partial charge in [-0.15, -0.1) is 12.6 Å². The summed E-state index contributed by atoms with van der Waals surface area (Å²) < 4.78 is 1.21. The topological polar surface area (TPSA) is 12.0 Å². The van der Waals surface area contributed by atoms with Crippen LogP contribution in [0.4, 0.5) is 0 Å². The van der Waals surface area contributed by atoms with Crippen LogP contribution in [0.15, 0.2) is 21.2 Å². The van der Waals surface area contributed by atoms with E-state index >= 15 is 0 Å². The summed E-state index contributed by atoms with van der Waals surface area (Å²) in [5.74, 6) is 0. The molecule has 0 radical (unpaired) electrons. The number of halogens is 1. The van der Waals surface area contributed by atoms with Crippen molar-refractivity contribution < 1.29 is 0 Å². The Morgan fingerprint density at radius 3 is 2.89 bits per heavy atom. The van der Waals surface area contributed by atoms with Gasteiger partial charge in [0.2, 0.25) is 0 Å². The van der Waals surface area contributed by atoms with Gasteiger partial charge < -0.3 is 5.32 Å². The largest absolute Gasteiger partial charge is 0.375 e. The van der Waals surface area contributed by atoms with Gasteiger partial charge in [-0.25, -0.2) is 0 Å². The van der Waals surface area contributed by atoms with Gasteiger partial charge in [0.05, 0.1) is 5.03 Å². The van der Waals surface area contributed by atoms with Crippen molar-refractivity contribution in [1.82, 2.24) is 5.32 Å². The van der Waals surface area contributed by atoms with Crippen LogP contribution >= 0.6 is 28.6 Å². The van der Waals surface area contributed by atoms with Gasteiger partial charge in [0.15, 0.2) is 0 Å². The average Bonchev–Trinajstić information content (AvgIpc) is 1.80. The fraction of sp³-hybridized carbons (Fsp3) is 0.333. The van der Waals surface area contributed by atoms with Crippen LogP contribution in [0.3, 0.4) is 0 Å². The Kier molecular flexibility index (Phi) is 2.24. The van der Waals surface area contributed by atoms with Crippen LogP contribution < -0.4 is 5.32 Å². The van der Waals surface area contributed by atoms with E-state index in [4.69, 9.17) is 0 Å². The first-order chi connectivity index (χ1) is 4.20. The molecule has 3 heteroatoms. The standard InChI is InChI=1S/C6H8BrNS/c1-4-2-6(9)8-3-5(4)7/h2,8-9H,3H2,1H3. The molecule has 1 rings (SSSR count). The molecular weight excluding hydrogens is 198 g/mol. The Balaban J connectivity index is 2.83. The number of nitrogens with one attached hydrogen (secondary N) is 1. The van der Waals surface area contributed by atoms with E-state index in [-0.39, 0.29) is 0 Å². The third-order valence-electron chi connectivity index (χ3n) is 1.21. The first-order valence-electron chi connectivity index (χ1n) is 2.70. The normalized spacial score (nSPS) is 19.2. The Morgan fingerprint density at radius 1 is 1.78 bits per heavy atom. The van der Waals surface area contributed by atoms with Crippen molar-refractivity contribution in [2.45, 2.75) is 6.92 Å². The number of allylic oxidation sites excluding steroid dienone is 2. The minimum atomic E-state index is 0.862. The van der Waals surface area contributed by atoms with E-state index in [0.717, 1.165) is 11.6 Å². The molecule has 0 saturated carbocycles. The van der Waals surface area contributed by atoms with E-state index < -0.39 is 0 Å². The van der Waals surface area contributed by atoms with Crippen LogP contribution in [0.25, 0.3) is 0 Å². The lowest BCUT2D eigenvalue weighted by molar-refractivity contribution is 0.934. The number of hydrogen-bond donors (Lipinski definition) is 2. The maximum Gasteiger partial charge on any atom is 0.0656 e. The monoisotopic (exact) mass is 205 g/mol. The van der Waals surface area contributed by atoms with Crippen LogP contribution in [0.2, 0.25) is 0 Å². The van der Waals surface area contributed by atoms with Gasteiger partial charge in [-0.05, 0) is 18.6 Å². The molecule has 1 aliphatic rings. The van der Waals surface area contributed by atoms with Gasteiger partial charge in [-0.1, -0.05) is 15.9 Å². The molecule has 0 aromatic heterocycles. The molecule has 0 atom stereocenters. The van der Waals surface area contributed by atoms with Crippen molar-refractivity contribution in [3.05, 3.63) is 21.2 Å². The fourth-order valence-electron chi connectivity index (χ4n) is 0.642. The first-order valence-corrected chi connectivity index (χ1v) is 3.94. The molecule has 0 aromatic carbocycles. The predicted molar refractivity (Wildman–Crippen MR) is 46.7 cm³/mol. The smallest absolute Gasteiger partial charge is 0.0656 e. The summed E-state index contributed by atoms with van der Waals surface area (Å²) in [5.41, 5.74) is 1.25. The van der Waals surface area contributed by atoms with Crippen LogP contribution in [-0.4, -0.2) is 6.54 Å². The number of thiol groups is 1. The van der Waals surface area contributed by atoms with E-state index in [1.165, 1.54) is 10.1 Å². The minimum Gasteiger partial charge on any atom is -0.375 e. The second kappa shape index (κ2) is 2.80. The zero-order chi connectivity index (χ0) is 6.85. The van der Waals surface area contributed by atoms with Gasteiger partial charge in [0, 0.05) is 11.0 Å². The van der Waals surface area contributed by atoms with Crippen molar-refractivity contribution in [3.8, 4) is 0 Å². The van der Waals surface area contributed by atoms with E-state index in [1.807, 2.05) is 6.08 Å². The van der Waals surface area contributed by atoms with E-state index in [1.54, 1.807) is 0 Å². The molecule has 9 heavy (non-hydrogen) atoms. The summed E-state index contributed by atoms with van der Waals surface area (Å²) in [5, 5.41) is 4.02. The Morgan fingerprint density at radius 2 is 2.44 bits per heavy atom. The highest BCUT2D eigenvalue weighted by Crippen LogP contribution is 2.18. The summed E-state index contributed by atoms with van der Waals surface area (Å²) in [6.45, 7) is 2.92. The minimum absolute atomic E-state index is 0.862. The summed E-state index contributed by atoms with van der Waals surface area (Å²) >= 11 is 7.58. The van der Waals surface area contributed by atoms with Crippen molar-refractivity contribution >= 4 is 28.6 Å². The molecule has 0 amide bonds. The van der Waals surface area contributed by atoms with Crippen LogP contribution in [0.5, 0.6) is 0 Å². The molecule has 0 aliphatic carbocycles. The molecule has 0 fully saturated rings. The van der Waals surface area contributed by atoms with Gasteiger partial charge in [-0.2, -0.15) is 0 Å². The highest BCUT2D eigenvalue weighted by Gasteiger charge is 2.02. The zero-order valence-electron chi connectivity index (χ0n) is 5.11. The lowest BCUT2D eigenvalue weighted by Gasteiger charge is -2.12. The van der Waals surface area contributed by atoms with E-state index in [0.29, 0.717) is 0 Å². The molecule has 50 valence electrons. The van der Waals surface area contributed by atoms with Gasteiger partial charge in [0.1, 0.15) is 0 Å². The number of dihydropyridines is 1. The lowest BCUT2D eigenvalue weighted by atomic mass is 10.2. The molecule has 0 spiro atoms. The maximum absolute atomic E-state index is 4.16. The lowest BCUT2D eigenvalue weighted by Crippen LogP contribution is -2.15. The van der Waals surface area contributed by atoms with Crippen LogP contribution in [0.1, 0.15) is 6.92 Å². The second-order valence-corrected chi connectivity index (χ2v) is 3.41. The third-order valence-corrected chi connectivity index (χ3v) is 2.40. The van der Waals surface area contributed by atoms with Crippen molar-refractivity contribution in [2.24, 2.45) is 0 Å². The Labute approximate surface area is 68.8 Å². The zero-order valence-corrected chi connectivity index (χ0v) is 7.59. The first kappa shape index (κ1) is 7.22. The Hall–Kier alpha value is 0.110. The number of hydrogen-bond acceptors (Lipinski definition) is 2. The molecule has 1 N–H and O–H groups in total. The fourth-order valence-corrected chi connectivity index (χ4v) is 1.17. The van der Waals surface area contributed by atoms with Crippen LogP contribution in [0, 0.1) is 0 Å². The quantitative estimate of drug-likeness (QED) is 0.578. The van der Waals surface area contributed by atoms with Gasteiger partial charge in [-0.3, -0.25) is 0 Å². The summed E-state index contributed by atoms with van der Waals surface area (Å²) in [7, 11) is 0. The van der Waals surface area contributed by atoms with Crippen molar-refractivity contribution in [3.63, 3.8) is 0 Å². The summed E-state index contributed by atoms with van der Waals surface area (Å²) in [4.78, 5) is 0. The third kappa shape index (κ3) is 1.76. The van der Waals surface area contributed by atoms with Crippen molar-refractivity contribution in [1.29, 1.82) is 0 Å². The van der Waals surface area contributed by atoms with E-state index in [9.17, 15) is 0 Å². The molecule has 1 heterocycles. The Bertz CT molecular complexity index is 183. The molecule has 1 nitrogen and oxygen atoms in total. The summed E-state index contributed by atoms with van der Waals surface area (Å²) in [6, 6.07) is 0. The molecular formula is C6H8BrNS. The molecule has 0 unspecified atom stereocenters. The van der Waals surface area contributed by atoms with E-state index in [2.05, 4.69) is 40.8 Å². The predicted octanol–water partition coefficient (Wildman–Crippen LogP) is 2.03. The average molecular weight is 206 g/mol. The molecule has 0 bridgehead atoms. The highest BCUT2D eigenvalue weighted by molar-refractivity contribution is 9.11. The highest BCUT2D eigenvalue weighted by atomic mass is 79.9. The molecule has 0 aromatic rings. The van der Waals surface area contributed by atoms with Crippen LogP contribution in [-0.2, 0) is 0 Å². The van der Waals surface area contributed by atoms with Gasteiger partial charge >= 0.3 is 0 Å². The SMILES string of the molecule is CC1=C(Br)CNC(S)=C1. The van der Waals surface area contributed by atoms with Crippen molar-refractivity contribution in [2.75, 3.05) is 6.54 Å². The van der Waals surface area contributed by atoms with Gasteiger partial charge in [0.25, 0.3) is 0 Å².